The summed E-state index contributed by atoms with van der Waals surface area (Å²) in [6.45, 7) is 8.02. The molecule has 1 aliphatic heterocycles. The van der Waals surface area contributed by atoms with Crippen molar-refractivity contribution in [2.24, 2.45) is 10.9 Å². The van der Waals surface area contributed by atoms with Gasteiger partial charge in [0.15, 0.2) is 5.96 Å². The lowest BCUT2D eigenvalue weighted by atomic mass is 10.1. The highest BCUT2D eigenvalue weighted by molar-refractivity contribution is 6.30. The monoisotopic (exact) mass is 396 g/mol. The molecule has 7 heteroatoms. The average molecular weight is 397 g/mol. The first kappa shape index (κ1) is 21.8. The first-order valence-electron chi connectivity index (χ1n) is 9.66. The summed E-state index contributed by atoms with van der Waals surface area (Å²) in [6, 6.07) is 6.11. The maximum Gasteiger partial charge on any atom is 0.190 e. The number of hydrogen-bond donors (Lipinski definition) is 2. The van der Waals surface area contributed by atoms with Crippen LogP contribution in [0.3, 0.4) is 0 Å². The van der Waals surface area contributed by atoms with Crippen LogP contribution in [-0.2, 0) is 9.47 Å². The minimum Gasteiger partial charge on any atom is -0.382 e. The minimum atomic E-state index is 0.597. The highest BCUT2D eigenvalue weighted by atomic mass is 35.5. The molecule has 1 saturated heterocycles. The normalized spacial score (nSPS) is 17.4. The molecule has 0 aliphatic carbocycles. The Kier molecular flexibility index (Phi) is 9.73. The van der Waals surface area contributed by atoms with Crippen LogP contribution < -0.4 is 15.5 Å². The maximum absolute atomic E-state index is 6.17. The minimum absolute atomic E-state index is 0.597. The second-order valence-corrected chi connectivity index (χ2v) is 7.31. The third kappa shape index (κ3) is 7.56. The van der Waals surface area contributed by atoms with Gasteiger partial charge in [-0.05, 0) is 43.4 Å². The number of guanidine groups is 1. The number of halogens is 1. The van der Waals surface area contributed by atoms with Crippen LogP contribution in [0.5, 0.6) is 0 Å². The van der Waals surface area contributed by atoms with Gasteiger partial charge in [0.25, 0.3) is 0 Å². The fourth-order valence-electron chi connectivity index (χ4n) is 3.23. The van der Waals surface area contributed by atoms with E-state index in [-0.39, 0.29) is 0 Å². The quantitative estimate of drug-likeness (QED) is 0.362. The highest BCUT2D eigenvalue weighted by Gasteiger charge is 2.23. The molecule has 1 aliphatic rings. The van der Waals surface area contributed by atoms with Crippen LogP contribution in [-0.4, -0.2) is 66.1 Å². The van der Waals surface area contributed by atoms with E-state index in [1.807, 2.05) is 6.07 Å². The average Bonchev–Trinajstić information content (AvgIpc) is 3.14. The molecule has 27 heavy (non-hydrogen) atoms. The molecule has 1 aromatic rings. The Morgan fingerprint density at radius 2 is 2.15 bits per heavy atom. The summed E-state index contributed by atoms with van der Waals surface area (Å²) < 4.78 is 10.4. The number of aliphatic imine (C=N–C) groups is 1. The lowest BCUT2D eigenvalue weighted by Gasteiger charge is -2.21. The van der Waals surface area contributed by atoms with Crippen LogP contribution in [0.4, 0.5) is 5.69 Å². The van der Waals surface area contributed by atoms with Crippen molar-refractivity contribution >= 4 is 23.2 Å². The van der Waals surface area contributed by atoms with Crippen molar-refractivity contribution in [3.05, 3.63) is 28.8 Å². The van der Waals surface area contributed by atoms with Gasteiger partial charge in [0, 0.05) is 57.7 Å². The van der Waals surface area contributed by atoms with Crippen molar-refractivity contribution in [3.63, 3.8) is 0 Å². The molecular weight excluding hydrogens is 364 g/mol. The number of methoxy groups -OCH3 is 1. The zero-order valence-corrected chi connectivity index (χ0v) is 17.5. The van der Waals surface area contributed by atoms with Crippen molar-refractivity contribution in [3.8, 4) is 0 Å². The Labute approximate surface area is 168 Å². The Hall–Kier alpha value is -1.50. The zero-order chi connectivity index (χ0) is 19.5. The summed E-state index contributed by atoms with van der Waals surface area (Å²) in [5, 5.41) is 7.59. The molecule has 0 aromatic heterocycles. The van der Waals surface area contributed by atoms with Gasteiger partial charge in [-0.1, -0.05) is 17.7 Å². The number of nitrogens with zero attached hydrogens (tertiary/aromatic N) is 2. The Balaban J connectivity index is 1.66. The van der Waals surface area contributed by atoms with Crippen molar-refractivity contribution < 1.29 is 9.47 Å². The molecule has 1 atom stereocenters. The summed E-state index contributed by atoms with van der Waals surface area (Å²) in [6.07, 6.45) is 2.11. The summed E-state index contributed by atoms with van der Waals surface area (Å²) in [5.74, 6) is 1.45. The predicted molar refractivity (Wildman–Crippen MR) is 113 cm³/mol. The molecule has 2 N–H and O–H groups in total. The number of nitrogens with one attached hydrogen (secondary N) is 2. The molecule has 1 heterocycles. The van der Waals surface area contributed by atoms with Gasteiger partial charge >= 0.3 is 0 Å². The third-order valence-corrected chi connectivity index (χ3v) is 5.00. The molecule has 152 valence electrons. The second kappa shape index (κ2) is 12.1. The zero-order valence-electron chi connectivity index (χ0n) is 16.8. The van der Waals surface area contributed by atoms with Gasteiger partial charge in [-0.2, -0.15) is 0 Å². The van der Waals surface area contributed by atoms with Gasteiger partial charge in [0.05, 0.1) is 13.2 Å². The fraction of sp³-hybridized carbons (Fsp3) is 0.650. The van der Waals surface area contributed by atoms with Crippen LogP contribution in [0.25, 0.3) is 0 Å². The van der Waals surface area contributed by atoms with Gasteiger partial charge in [-0.15, -0.1) is 0 Å². The number of anilines is 1. The van der Waals surface area contributed by atoms with Crippen LogP contribution in [0.15, 0.2) is 23.2 Å². The molecular formula is C20H33ClN4O2. The van der Waals surface area contributed by atoms with E-state index in [0.717, 1.165) is 50.2 Å². The number of aryl methyl sites for hydroxylation is 1. The third-order valence-electron chi connectivity index (χ3n) is 4.77. The Bertz CT molecular complexity index is 597. The van der Waals surface area contributed by atoms with Gasteiger partial charge in [-0.25, -0.2) is 0 Å². The van der Waals surface area contributed by atoms with Gasteiger partial charge in [0.2, 0.25) is 0 Å². The number of ether oxygens (including phenoxy) is 2. The molecule has 0 saturated carbocycles. The molecule has 1 fully saturated rings. The number of hydrogen-bond acceptors (Lipinski definition) is 4. The van der Waals surface area contributed by atoms with E-state index in [4.69, 9.17) is 21.1 Å². The van der Waals surface area contributed by atoms with Crippen LogP contribution >= 0.6 is 11.6 Å². The lowest BCUT2D eigenvalue weighted by Crippen LogP contribution is -2.40. The summed E-state index contributed by atoms with van der Waals surface area (Å²) in [4.78, 5) is 6.73. The summed E-state index contributed by atoms with van der Waals surface area (Å²) >= 11 is 6.17. The topological polar surface area (TPSA) is 58.1 Å². The summed E-state index contributed by atoms with van der Waals surface area (Å²) in [7, 11) is 3.49. The SMILES string of the molecule is CN=C(NCCCOCCOC)NCC1CCN(c2cc(Cl)ccc2C)C1. The molecule has 1 aromatic carbocycles. The summed E-state index contributed by atoms with van der Waals surface area (Å²) in [5.41, 5.74) is 2.53. The van der Waals surface area contributed by atoms with Gasteiger partial charge in [-0.3, -0.25) is 4.99 Å². The largest absolute Gasteiger partial charge is 0.382 e. The molecule has 6 nitrogen and oxygen atoms in total. The maximum atomic E-state index is 6.17. The predicted octanol–water partition coefficient (Wildman–Crippen LogP) is 2.69. The lowest BCUT2D eigenvalue weighted by molar-refractivity contribution is 0.0698. The first-order valence-corrected chi connectivity index (χ1v) is 10.0. The van der Waals surface area contributed by atoms with Crippen LogP contribution in [0, 0.1) is 12.8 Å². The van der Waals surface area contributed by atoms with Crippen LogP contribution in [0.1, 0.15) is 18.4 Å². The van der Waals surface area contributed by atoms with E-state index in [9.17, 15) is 0 Å². The van der Waals surface area contributed by atoms with E-state index in [1.165, 1.54) is 17.7 Å². The van der Waals surface area contributed by atoms with Crippen molar-refractivity contribution in [1.82, 2.24) is 10.6 Å². The number of benzene rings is 1. The fourth-order valence-corrected chi connectivity index (χ4v) is 3.39. The smallest absolute Gasteiger partial charge is 0.190 e. The standard InChI is InChI=1S/C20H33ClN4O2/c1-16-5-6-18(21)13-19(16)25-9-7-17(15-25)14-24-20(22-2)23-8-4-10-27-12-11-26-3/h5-6,13,17H,4,7-12,14-15H2,1-3H3,(H2,22,23,24). The van der Waals surface area contributed by atoms with E-state index in [0.29, 0.717) is 19.1 Å². The van der Waals surface area contributed by atoms with E-state index >= 15 is 0 Å². The first-order chi connectivity index (χ1) is 13.1. The van der Waals surface area contributed by atoms with Crippen molar-refractivity contribution in [2.45, 2.75) is 19.8 Å². The van der Waals surface area contributed by atoms with Gasteiger partial charge in [0.1, 0.15) is 0 Å². The molecule has 2 rings (SSSR count). The molecule has 0 spiro atoms. The Morgan fingerprint density at radius 1 is 1.30 bits per heavy atom. The van der Waals surface area contributed by atoms with E-state index in [2.05, 4.69) is 39.6 Å². The highest BCUT2D eigenvalue weighted by Crippen LogP contribution is 2.29. The van der Waals surface area contributed by atoms with Gasteiger partial charge < -0.3 is 25.0 Å². The van der Waals surface area contributed by atoms with E-state index in [1.54, 1.807) is 14.2 Å². The Morgan fingerprint density at radius 3 is 2.93 bits per heavy atom. The van der Waals surface area contributed by atoms with Crippen molar-refractivity contribution in [2.75, 3.05) is 65.1 Å². The number of rotatable bonds is 10. The van der Waals surface area contributed by atoms with Crippen molar-refractivity contribution in [1.29, 1.82) is 0 Å². The molecule has 0 bridgehead atoms. The molecule has 0 amide bonds. The van der Waals surface area contributed by atoms with Crippen LogP contribution in [0.2, 0.25) is 5.02 Å². The molecule has 1 unspecified atom stereocenters. The second-order valence-electron chi connectivity index (χ2n) is 6.87. The molecule has 0 radical (unpaired) electrons. The van der Waals surface area contributed by atoms with E-state index < -0.39 is 0 Å².